The molecule has 0 saturated carbocycles. The van der Waals surface area contributed by atoms with Crippen LogP contribution in [0.15, 0.2) is 66.4 Å². The van der Waals surface area contributed by atoms with Crippen LogP contribution in [0.25, 0.3) is 21.6 Å². The Morgan fingerprint density at radius 1 is 1.02 bits per heavy atom. The molecule has 3 aromatic heterocycles. The third-order valence-corrected chi connectivity index (χ3v) is 8.05. The summed E-state index contributed by atoms with van der Waals surface area (Å²) in [4.78, 5) is 38.0. The number of aliphatic hydroxyl groups is 1. The lowest BCUT2D eigenvalue weighted by molar-refractivity contribution is -0.132. The standard InChI is InChI=1S/C30H25ClN4O5S/c1-4-39-20-12-9-17(14-21(20)40-5-2)26-24(27(36)25-16(3)32-23-8-6-7-13-34(23)25)28(37)29(38)35(26)30-33-19-11-10-18(31)15-22(19)41-30/h6-15,26,36H,4-5H2,1-3H3. The summed E-state index contributed by atoms with van der Waals surface area (Å²) in [5.41, 5.74) is 2.54. The third-order valence-electron chi connectivity index (χ3n) is 6.80. The molecule has 1 aliphatic rings. The van der Waals surface area contributed by atoms with Crippen LogP contribution in [0.5, 0.6) is 11.5 Å². The summed E-state index contributed by atoms with van der Waals surface area (Å²) in [6.45, 7) is 6.28. The van der Waals surface area contributed by atoms with Gasteiger partial charge in [-0.15, -0.1) is 0 Å². The number of imidazole rings is 1. The maximum Gasteiger partial charge on any atom is 0.301 e. The molecule has 0 spiro atoms. The summed E-state index contributed by atoms with van der Waals surface area (Å²) >= 11 is 7.44. The molecule has 208 valence electrons. The van der Waals surface area contributed by atoms with E-state index in [1.165, 1.54) is 16.2 Å². The number of rotatable bonds is 7. The fraction of sp³-hybridized carbons (Fsp3) is 0.200. The largest absolute Gasteiger partial charge is 0.505 e. The van der Waals surface area contributed by atoms with Gasteiger partial charge in [0.05, 0.1) is 40.7 Å². The molecule has 5 aromatic rings. The van der Waals surface area contributed by atoms with Crippen molar-refractivity contribution in [2.24, 2.45) is 0 Å². The summed E-state index contributed by atoms with van der Waals surface area (Å²) in [6, 6.07) is 14.9. The van der Waals surface area contributed by atoms with Crippen molar-refractivity contribution in [2.75, 3.05) is 18.1 Å². The van der Waals surface area contributed by atoms with Gasteiger partial charge in [-0.3, -0.25) is 18.9 Å². The molecule has 0 radical (unpaired) electrons. The van der Waals surface area contributed by atoms with Crippen LogP contribution in [0.1, 0.15) is 36.8 Å². The molecule has 1 N–H and O–H groups in total. The summed E-state index contributed by atoms with van der Waals surface area (Å²) in [7, 11) is 0. The first-order valence-electron chi connectivity index (χ1n) is 13.0. The highest BCUT2D eigenvalue weighted by molar-refractivity contribution is 7.22. The molecule has 4 heterocycles. The molecule has 11 heteroatoms. The predicted molar refractivity (Wildman–Crippen MR) is 158 cm³/mol. The van der Waals surface area contributed by atoms with E-state index < -0.39 is 17.7 Å². The van der Waals surface area contributed by atoms with Gasteiger partial charge in [-0.25, -0.2) is 9.97 Å². The topological polar surface area (TPSA) is 106 Å². The van der Waals surface area contributed by atoms with Crippen LogP contribution in [0.4, 0.5) is 5.13 Å². The average molecular weight is 589 g/mol. The highest BCUT2D eigenvalue weighted by Gasteiger charge is 2.49. The SMILES string of the molecule is CCOc1ccc(C2C(=C(O)c3c(C)nc4ccccn34)C(=O)C(=O)N2c2nc3ccc(Cl)cc3s2)cc1OCC. The van der Waals surface area contributed by atoms with Crippen molar-refractivity contribution in [3.63, 3.8) is 0 Å². The van der Waals surface area contributed by atoms with Gasteiger partial charge >= 0.3 is 5.91 Å². The zero-order chi connectivity index (χ0) is 28.8. The number of carbonyl (C=O) groups is 2. The molecule has 1 amide bonds. The van der Waals surface area contributed by atoms with E-state index in [1.54, 1.807) is 66.1 Å². The number of benzene rings is 2. The van der Waals surface area contributed by atoms with E-state index in [2.05, 4.69) is 9.97 Å². The number of ether oxygens (including phenoxy) is 2. The van der Waals surface area contributed by atoms with E-state index in [0.29, 0.717) is 63.0 Å². The highest BCUT2D eigenvalue weighted by Crippen LogP contribution is 2.46. The van der Waals surface area contributed by atoms with E-state index in [1.807, 2.05) is 19.9 Å². The molecule has 0 aliphatic carbocycles. The van der Waals surface area contributed by atoms with E-state index in [9.17, 15) is 14.7 Å². The van der Waals surface area contributed by atoms with Crippen molar-refractivity contribution in [3.05, 3.63) is 88.3 Å². The predicted octanol–water partition coefficient (Wildman–Crippen LogP) is 6.33. The van der Waals surface area contributed by atoms with Crippen molar-refractivity contribution >= 4 is 61.4 Å². The lowest BCUT2D eigenvalue weighted by Gasteiger charge is -2.24. The van der Waals surface area contributed by atoms with Crippen LogP contribution >= 0.6 is 22.9 Å². The number of nitrogens with zero attached hydrogens (tertiary/aromatic N) is 4. The number of hydrogen-bond donors (Lipinski definition) is 1. The Bertz CT molecular complexity index is 1880. The molecule has 1 aliphatic heterocycles. The van der Waals surface area contributed by atoms with Crippen LogP contribution in [-0.2, 0) is 9.59 Å². The van der Waals surface area contributed by atoms with Crippen molar-refractivity contribution in [1.82, 2.24) is 14.4 Å². The normalized spacial score (nSPS) is 16.7. The molecule has 1 atom stereocenters. The number of pyridine rings is 1. The summed E-state index contributed by atoms with van der Waals surface area (Å²) < 4.78 is 14.0. The van der Waals surface area contributed by atoms with Gasteiger partial charge in [-0.2, -0.15) is 0 Å². The van der Waals surface area contributed by atoms with Crippen LogP contribution in [0.3, 0.4) is 0 Å². The van der Waals surface area contributed by atoms with E-state index >= 15 is 0 Å². The van der Waals surface area contributed by atoms with Crippen molar-refractivity contribution in [2.45, 2.75) is 26.8 Å². The molecule has 6 rings (SSSR count). The second-order valence-corrected chi connectivity index (χ2v) is 10.8. The maximum atomic E-state index is 13.8. The average Bonchev–Trinajstić information content (AvgIpc) is 3.60. The van der Waals surface area contributed by atoms with Crippen molar-refractivity contribution < 1.29 is 24.2 Å². The molecular weight excluding hydrogens is 564 g/mol. The Morgan fingerprint density at radius 3 is 2.59 bits per heavy atom. The number of thiazole rings is 1. The number of hydrogen-bond acceptors (Lipinski definition) is 8. The number of fused-ring (bicyclic) bond motifs is 2. The lowest BCUT2D eigenvalue weighted by Crippen LogP contribution is -2.29. The highest BCUT2D eigenvalue weighted by atomic mass is 35.5. The fourth-order valence-corrected chi connectivity index (χ4v) is 6.37. The number of Topliss-reactive ketones (excluding diaryl/α,β-unsaturated/α-hetero) is 1. The van der Waals surface area contributed by atoms with E-state index in [-0.39, 0.29) is 11.3 Å². The Hall–Kier alpha value is -4.41. The molecular formula is C30H25ClN4O5S. The summed E-state index contributed by atoms with van der Waals surface area (Å²) in [6.07, 6.45) is 1.75. The smallest absolute Gasteiger partial charge is 0.301 e. The number of anilines is 1. The van der Waals surface area contributed by atoms with E-state index in [0.717, 1.165) is 4.70 Å². The summed E-state index contributed by atoms with van der Waals surface area (Å²) in [5.74, 6) is -0.980. The number of halogens is 1. The van der Waals surface area contributed by atoms with E-state index in [4.69, 9.17) is 21.1 Å². The van der Waals surface area contributed by atoms with Gasteiger partial charge in [-0.05, 0) is 68.8 Å². The second-order valence-electron chi connectivity index (χ2n) is 9.32. The molecule has 9 nitrogen and oxygen atoms in total. The molecule has 1 unspecified atom stereocenters. The minimum atomic E-state index is -1.01. The first kappa shape index (κ1) is 26.8. The van der Waals surface area contributed by atoms with Gasteiger partial charge in [0.15, 0.2) is 22.4 Å². The molecule has 0 bridgehead atoms. The Morgan fingerprint density at radius 2 is 1.80 bits per heavy atom. The number of aromatic nitrogens is 3. The number of carbonyl (C=O) groups excluding carboxylic acids is 2. The van der Waals surface area contributed by atoms with Gasteiger partial charge in [0.2, 0.25) is 0 Å². The number of amides is 1. The van der Waals surface area contributed by atoms with Crippen molar-refractivity contribution in [3.8, 4) is 11.5 Å². The summed E-state index contributed by atoms with van der Waals surface area (Å²) in [5, 5.41) is 12.6. The lowest BCUT2D eigenvalue weighted by atomic mass is 9.96. The van der Waals surface area contributed by atoms with Crippen molar-refractivity contribution in [1.29, 1.82) is 0 Å². The maximum absolute atomic E-state index is 13.8. The van der Waals surface area contributed by atoms with Crippen LogP contribution in [-0.4, -0.2) is 44.4 Å². The molecule has 1 fully saturated rings. The van der Waals surface area contributed by atoms with Crippen LogP contribution < -0.4 is 14.4 Å². The molecule has 1 saturated heterocycles. The molecule has 41 heavy (non-hydrogen) atoms. The van der Waals surface area contributed by atoms with Gasteiger partial charge in [-0.1, -0.05) is 35.1 Å². The first-order valence-corrected chi connectivity index (χ1v) is 14.2. The number of aryl methyl sites for hydroxylation is 1. The fourth-order valence-electron chi connectivity index (χ4n) is 5.10. The molecule has 2 aromatic carbocycles. The van der Waals surface area contributed by atoms with Gasteiger partial charge < -0.3 is 14.6 Å². The first-order chi connectivity index (χ1) is 19.8. The third kappa shape index (κ3) is 4.49. The van der Waals surface area contributed by atoms with Crippen LogP contribution in [0.2, 0.25) is 5.02 Å². The van der Waals surface area contributed by atoms with Gasteiger partial charge in [0, 0.05) is 11.2 Å². The Balaban J connectivity index is 1.61. The number of aliphatic hydroxyl groups excluding tert-OH is 1. The quantitative estimate of drug-likeness (QED) is 0.134. The Kier molecular flexibility index (Phi) is 6.88. The number of ketones is 1. The zero-order valence-electron chi connectivity index (χ0n) is 22.4. The minimum Gasteiger partial charge on any atom is -0.505 e. The van der Waals surface area contributed by atoms with Crippen LogP contribution in [0, 0.1) is 6.92 Å². The second kappa shape index (κ2) is 10.5. The van der Waals surface area contributed by atoms with Gasteiger partial charge in [0.1, 0.15) is 11.3 Å². The zero-order valence-corrected chi connectivity index (χ0v) is 24.0. The monoisotopic (exact) mass is 588 g/mol. The minimum absolute atomic E-state index is 0.0763. The Labute approximate surface area is 244 Å². The van der Waals surface area contributed by atoms with Gasteiger partial charge in [0.25, 0.3) is 5.78 Å².